The Hall–Kier alpha value is -4.68. The average molecular weight is 663 g/mol. The summed E-state index contributed by atoms with van der Waals surface area (Å²) in [6.07, 6.45) is 2.69. The maximum atomic E-state index is 13.7. The number of nitrogens with one attached hydrogen (secondary N) is 3. The predicted octanol–water partition coefficient (Wildman–Crippen LogP) is 4.21. The molecule has 47 heavy (non-hydrogen) atoms. The molecule has 4 rings (SSSR count). The van der Waals surface area contributed by atoms with Crippen LogP contribution in [0.25, 0.3) is 0 Å². The van der Waals surface area contributed by atoms with Crippen molar-refractivity contribution in [1.82, 2.24) is 20.9 Å². The molecule has 1 fully saturated rings. The molecule has 0 spiro atoms. The van der Waals surface area contributed by atoms with Gasteiger partial charge >= 0.3 is 12.1 Å². The van der Waals surface area contributed by atoms with E-state index in [4.69, 9.17) is 9.47 Å². The fraction of sp³-hybridized carbons (Fsp3) is 0.343. The monoisotopic (exact) mass is 662 g/mol. The minimum atomic E-state index is -3.76. The third-order valence-corrected chi connectivity index (χ3v) is 8.95. The van der Waals surface area contributed by atoms with Gasteiger partial charge in [0.15, 0.2) is 9.84 Å². The van der Waals surface area contributed by atoms with E-state index in [0.29, 0.717) is 52.1 Å². The van der Waals surface area contributed by atoms with Gasteiger partial charge in [0.25, 0.3) is 0 Å². The zero-order valence-corrected chi connectivity index (χ0v) is 27.1. The number of amides is 4. The van der Waals surface area contributed by atoms with Crippen LogP contribution in [-0.4, -0.2) is 76.3 Å². The molecule has 11 nitrogen and oxygen atoms in total. The molecule has 2 atom stereocenters. The van der Waals surface area contributed by atoms with E-state index in [1.54, 1.807) is 23.1 Å². The number of ether oxygens (including phenoxy) is 2. The Bertz CT molecular complexity index is 1550. The van der Waals surface area contributed by atoms with Crippen molar-refractivity contribution < 1.29 is 32.3 Å². The number of nitrogens with zero attached hydrogens (tertiary/aromatic N) is 1. The molecule has 0 saturated carbocycles. The summed E-state index contributed by atoms with van der Waals surface area (Å²) in [5.74, 6) is -0.440. The number of urea groups is 1. The molecule has 0 unspecified atom stereocenters. The molecule has 1 aliphatic rings. The van der Waals surface area contributed by atoms with Crippen LogP contribution >= 0.6 is 0 Å². The van der Waals surface area contributed by atoms with Gasteiger partial charge < -0.3 is 30.3 Å². The van der Waals surface area contributed by atoms with E-state index in [9.17, 15) is 22.8 Å². The van der Waals surface area contributed by atoms with Gasteiger partial charge in [-0.1, -0.05) is 84.9 Å². The highest BCUT2D eigenvalue weighted by atomic mass is 32.2. The summed E-state index contributed by atoms with van der Waals surface area (Å²) < 4.78 is 36.6. The lowest BCUT2D eigenvalue weighted by molar-refractivity contribution is -0.123. The quantitative estimate of drug-likeness (QED) is 0.207. The van der Waals surface area contributed by atoms with E-state index < -0.39 is 33.9 Å². The Morgan fingerprint density at radius 2 is 1.45 bits per heavy atom. The van der Waals surface area contributed by atoms with E-state index in [1.165, 1.54) is 18.2 Å². The van der Waals surface area contributed by atoms with Crippen LogP contribution < -0.4 is 16.0 Å². The number of hydrogen-bond acceptors (Lipinski definition) is 7. The van der Waals surface area contributed by atoms with Crippen molar-refractivity contribution in [3.05, 3.63) is 114 Å². The van der Waals surface area contributed by atoms with E-state index in [0.717, 1.165) is 16.5 Å². The summed E-state index contributed by atoms with van der Waals surface area (Å²) in [6.45, 7) is 2.18. The molecular weight excluding hydrogens is 620 g/mol. The third kappa shape index (κ3) is 12.2. The zero-order chi connectivity index (χ0) is 33.3. The summed E-state index contributed by atoms with van der Waals surface area (Å²) in [5.41, 5.74) is 1.74. The van der Waals surface area contributed by atoms with E-state index in [2.05, 4.69) is 16.0 Å². The van der Waals surface area contributed by atoms with E-state index in [1.807, 2.05) is 60.7 Å². The lowest BCUT2D eigenvalue weighted by atomic mass is 10.0. The van der Waals surface area contributed by atoms with Crippen molar-refractivity contribution in [2.75, 3.05) is 32.8 Å². The van der Waals surface area contributed by atoms with Crippen LogP contribution in [0, 0.1) is 0 Å². The fourth-order valence-corrected chi connectivity index (χ4v) is 6.00. The molecule has 0 aromatic heterocycles. The number of carbonyl (C=O) groups excluding carboxylic acids is 3. The fourth-order valence-electron chi connectivity index (χ4n) is 4.91. The van der Waals surface area contributed by atoms with Crippen molar-refractivity contribution in [3.8, 4) is 0 Å². The molecule has 3 aromatic rings. The first-order valence-corrected chi connectivity index (χ1v) is 17.2. The Balaban J connectivity index is 1.39. The second kappa shape index (κ2) is 18.5. The Morgan fingerprint density at radius 3 is 2.11 bits per heavy atom. The van der Waals surface area contributed by atoms with Gasteiger partial charge in [-0.3, -0.25) is 4.79 Å². The van der Waals surface area contributed by atoms with Gasteiger partial charge in [0.05, 0.1) is 18.1 Å². The molecule has 0 aliphatic carbocycles. The summed E-state index contributed by atoms with van der Waals surface area (Å²) in [5, 5.41) is 9.64. The molecular formula is C35H42N4O7S. The SMILES string of the molecule is O=C(NCCCC[C@@H](/C=C/S(=O)(=O)c1ccccc1)NC(=O)[C@H](Cc1ccccc1)NC(=O)N1CCOCC1)OCc1ccccc1. The van der Waals surface area contributed by atoms with Crippen LogP contribution in [0.2, 0.25) is 0 Å². The van der Waals surface area contributed by atoms with Crippen LogP contribution in [0.4, 0.5) is 9.59 Å². The van der Waals surface area contributed by atoms with Gasteiger partial charge in [-0.25, -0.2) is 18.0 Å². The van der Waals surface area contributed by atoms with Crippen molar-refractivity contribution in [2.45, 2.75) is 49.3 Å². The van der Waals surface area contributed by atoms with Crippen LogP contribution in [0.5, 0.6) is 0 Å². The summed E-state index contributed by atoms with van der Waals surface area (Å²) in [4.78, 5) is 40.6. The molecule has 3 N–H and O–H groups in total. The topological polar surface area (TPSA) is 143 Å². The number of hydrogen-bond donors (Lipinski definition) is 3. The standard InChI is InChI=1S/C35H42N4O7S/c40-33(32(26-28-12-4-1-5-13-28)38-34(41)39-21-23-45-24-22-39)37-30(19-25-47(43,44)31-17-8-3-9-18-31)16-10-11-20-36-35(42)46-27-29-14-6-2-7-15-29/h1-9,12-15,17-19,25,30,32H,10-11,16,20-24,26-27H2,(H,36,42)(H,37,40)(H,38,41)/b25-19+/t30-,32-/m0/s1. The number of unbranched alkanes of at least 4 members (excludes halogenated alkanes) is 1. The molecule has 12 heteroatoms. The average Bonchev–Trinajstić information content (AvgIpc) is 3.10. The highest BCUT2D eigenvalue weighted by molar-refractivity contribution is 7.94. The Morgan fingerprint density at radius 1 is 0.830 bits per heavy atom. The summed E-state index contributed by atoms with van der Waals surface area (Å²) in [6, 6.07) is 24.8. The lowest BCUT2D eigenvalue weighted by Gasteiger charge is -2.29. The van der Waals surface area contributed by atoms with Gasteiger partial charge in [-0.2, -0.15) is 0 Å². The van der Waals surface area contributed by atoms with Crippen LogP contribution in [0.15, 0.2) is 107 Å². The van der Waals surface area contributed by atoms with Gasteiger partial charge in [-0.05, 0) is 42.5 Å². The minimum absolute atomic E-state index is 0.138. The molecule has 4 amide bonds. The Kier molecular flexibility index (Phi) is 13.8. The number of morpholine rings is 1. The smallest absolute Gasteiger partial charge is 0.407 e. The van der Waals surface area contributed by atoms with Crippen molar-refractivity contribution in [3.63, 3.8) is 0 Å². The number of alkyl carbamates (subject to hydrolysis) is 1. The van der Waals surface area contributed by atoms with Gasteiger partial charge in [0, 0.05) is 37.5 Å². The highest BCUT2D eigenvalue weighted by Crippen LogP contribution is 2.14. The number of benzene rings is 3. The van der Waals surface area contributed by atoms with Crippen LogP contribution in [0.3, 0.4) is 0 Å². The maximum Gasteiger partial charge on any atom is 0.407 e. The van der Waals surface area contributed by atoms with E-state index >= 15 is 0 Å². The highest BCUT2D eigenvalue weighted by Gasteiger charge is 2.26. The van der Waals surface area contributed by atoms with Gasteiger partial charge in [-0.15, -0.1) is 0 Å². The minimum Gasteiger partial charge on any atom is -0.445 e. The second-order valence-electron chi connectivity index (χ2n) is 11.1. The normalized spacial score (nSPS) is 14.6. The van der Waals surface area contributed by atoms with Crippen LogP contribution in [0.1, 0.15) is 30.4 Å². The maximum absolute atomic E-state index is 13.7. The molecule has 1 saturated heterocycles. The first-order valence-electron chi connectivity index (χ1n) is 15.7. The molecule has 3 aromatic carbocycles. The third-order valence-electron chi connectivity index (χ3n) is 7.51. The Labute approximate surface area is 276 Å². The molecule has 1 aliphatic heterocycles. The number of rotatable bonds is 15. The van der Waals surface area contributed by atoms with Crippen molar-refractivity contribution in [1.29, 1.82) is 0 Å². The molecule has 1 heterocycles. The van der Waals surface area contributed by atoms with Crippen LogP contribution in [-0.2, 0) is 37.1 Å². The van der Waals surface area contributed by atoms with E-state index in [-0.39, 0.29) is 24.0 Å². The first kappa shape index (κ1) is 35.2. The van der Waals surface area contributed by atoms with Crippen molar-refractivity contribution in [2.24, 2.45) is 0 Å². The first-order chi connectivity index (χ1) is 22.8. The lowest BCUT2D eigenvalue weighted by Crippen LogP contribution is -2.55. The number of sulfone groups is 1. The summed E-state index contributed by atoms with van der Waals surface area (Å²) >= 11 is 0. The largest absolute Gasteiger partial charge is 0.445 e. The molecule has 250 valence electrons. The predicted molar refractivity (Wildman–Crippen MR) is 178 cm³/mol. The summed E-state index contributed by atoms with van der Waals surface area (Å²) in [7, 11) is -3.76. The molecule has 0 bridgehead atoms. The number of carbonyl (C=O) groups is 3. The van der Waals surface area contributed by atoms with Crippen molar-refractivity contribution >= 4 is 27.9 Å². The van der Waals surface area contributed by atoms with Gasteiger partial charge in [0.2, 0.25) is 5.91 Å². The molecule has 0 radical (unpaired) electrons. The second-order valence-corrected chi connectivity index (χ2v) is 12.9. The zero-order valence-electron chi connectivity index (χ0n) is 26.3. The van der Waals surface area contributed by atoms with Gasteiger partial charge in [0.1, 0.15) is 12.6 Å².